The number of carbonyl (C=O) groups excluding carboxylic acids is 1. The average Bonchev–Trinajstić information content (AvgIpc) is 2.54. The van der Waals surface area contributed by atoms with Gasteiger partial charge in [-0.1, -0.05) is 32.1 Å². The molecule has 1 unspecified atom stereocenters. The number of carboxylic acids is 1. The highest BCUT2D eigenvalue weighted by Crippen LogP contribution is 2.28. The second-order valence-corrected chi connectivity index (χ2v) is 7.18. The fourth-order valence-electron chi connectivity index (χ4n) is 4.03. The van der Waals surface area contributed by atoms with Gasteiger partial charge in [-0.3, -0.25) is 9.59 Å². The monoisotopic (exact) mass is 309 g/mol. The molecular weight excluding hydrogens is 278 g/mol. The van der Waals surface area contributed by atoms with Gasteiger partial charge in [-0.05, 0) is 43.9 Å². The van der Waals surface area contributed by atoms with Gasteiger partial charge in [-0.25, -0.2) is 0 Å². The van der Waals surface area contributed by atoms with Gasteiger partial charge in [0, 0.05) is 25.9 Å². The van der Waals surface area contributed by atoms with Crippen LogP contribution in [0.2, 0.25) is 0 Å². The van der Waals surface area contributed by atoms with E-state index in [0.717, 1.165) is 38.3 Å². The molecule has 0 aromatic carbocycles. The molecule has 22 heavy (non-hydrogen) atoms. The Kier molecular flexibility index (Phi) is 7.20. The van der Waals surface area contributed by atoms with Gasteiger partial charge in [0.25, 0.3) is 0 Å². The van der Waals surface area contributed by atoms with Crippen LogP contribution in [0.25, 0.3) is 0 Å². The van der Waals surface area contributed by atoms with Crippen molar-refractivity contribution < 1.29 is 14.7 Å². The summed E-state index contributed by atoms with van der Waals surface area (Å²) >= 11 is 0. The molecule has 1 saturated heterocycles. The smallest absolute Gasteiger partial charge is 0.303 e. The van der Waals surface area contributed by atoms with E-state index < -0.39 is 5.97 Å². The summed E-state index contributed by atoms with van der Waals surface area (Å²) in [7, 11) is 0. The average molecular weight is 309 g/mol. The van der Waals surface area contributed by atoms with Crippen molar-refractivity contribution in [3.63, 3.8) is 0 Å². The molecule has 0 aromatic rings. The lowest BCUT2D eigenvalue weighted by Crippen LogP contribution is -2.40. The molecule has 1 aliphatic carbocycles. The summed E-state index contributed by atoms with van der Waals surface area (Å²) in [6.07, 6.45) is 12.8. The van der Waals surface area contributed by atoms with Crippen molar-refractivity contribution in [1.29, 1.82) is 0 Å². The van der Waals surface area contributed by atoms with Crippen LogP contribution >= 0.6 is 0 Å². The lowest BCUT2D eigenvalue weighted by molar-refractivity contribution is -0.137. The second kappa shape index (κ2) is 9.16. The van der Waals surface area contributed by atoms with E-state index in [1.54, 1.807) is 0 Å². The van der Waals surface area contributed by atoms with Crippen LogP contribution in [0.1, 0.15) is 77.0 Å². The van der Waals surface area contributed by atoms with E-state index in [1.165, 1.54) is 38.5 Å². The molecule has 1 heterocycles. The van der Waals surface area contributed by atoms with E-state index in [0.29, 0.717) is 18.8 Å². The van der Waals surface area contributed by atoms with Crippen molar-refractivity contribution in [3.8, 4) is 0 Å². The molecule has 126 valence electrons. The lowest BCUT2D eigenvalue weighted by Gasteiger charge is -2.33. The Balaban J connectivity index is 1.64. The maximum atomic E-state index is 12.3. The molecular formula is C18H31NO3. The third kappa shape index (κ3) is 5.98. The quantitative estimate of drug-likeness (QED) is 0.777. The first-order valence-electron chi connectivity index (χ1n) is 9.14. The summed E-state index contributed by atoms with van der Waals surface area (Å²) in [6.45, 7) is 1.64. The molecule has 0 spiro atoms. The van der Waals surface area contributed by atoms with Crippen LogP contribution < -0.4 is 0 Å². The highest BCUT2D eigenvalue weighted by molar-refractivity contribution is 5.76. The van der Waals surface area contributed by atoms with Crippen LogP contribution in [0.3, 0.4) is 0 Å². The van der Waals surface area contributed by atoms with Gasteiger partial charge in [0.05, 0.1) is 0 Å². The Hall–Kier alpha value is -1.06. The van der Waals surface area contributed by atoms with Gasteiger partial charge in [0.1, 0.15) is 0 Å². The van der Waals surface area contributed by atoms with Crippen molar-refractivity contribution in [2.75, 3.05) is 13.1 Å². The highest BCUT2D eigenvalue weighted by atomic mass is 16.4. The third-order valence-corrected chi connectivity index (χ3v) is 5.37. The summed E-state index contributed by atoms with van der Waals surface area (Å²) in [6, 6.07) is 0. The fourth-order valence-corrected chi connectivity index (χ4v) is 4.03. The molecule has 2 fully saturated rings. The Bertz CT molecular complexity index is 363. The molecule has 2 aliphatic rings. The van der Waals surface area contributed by atoms with Crippen molar-refractivity contribution in [3.05, 3.63) is 0 Å². The topological polar surface area (TPSA) is 57.6 Å². The summed E-state index contributed by atoms with van der Waals surface area (Å²) < 4.78 is 0. The maximum Gasteiger partial charge on any atom is 0.303 e. The van der Waals surface area contributed by atoms with E-state index in [-0.39, 0.29) is 12.3 Å². The van der Waals surface area contributed by atoms with Crippen molar-refractivity contribution in [1.82, 2.24) is 4.90 Å². The molecule has 4 nitrogen and oxygen atoms in total. The molecule has 1 N–H and O–H groups in total. The van der Waals surface area contributed by atoms with Gasteiger partial charge in [0.2, 0.25) is 5.91 Å². The van der Waals surface area contributed by atoms with Crippen molar-refractivity contribution in [2.45, 2.75) is 77.0 Å². The number of rotatable bonds is 7. The molecule has 1 aliphatic heterocycles. The Morgan fingerprint density at radius 1 is 0.909 bits per heavy atom. The number of amides is 1. The van der Waals surface area contributed by atoms with Crippen LogP contribution in [-0.4, -0.2) is 35.0 Å². The van der Waals surface area contributed by atoms with Gasteiger partial charge >= 0.3 is 5.97 Å². The fraction of sp³-hybridized carbons (Fsp3) is 0.889. The normalized spacial score (nSPS) is 23.5. The third-order valence-electron chi connectivity index (χ3n) is 5.37. The minimum absolute atomic E-state index is 0.231. The van der Waals surface area contributed by atoms with Crippen molar-refractivity contribution in [2.24, 2.45) is 11.8 Å². The zero-order valence-electron chi connectivity index (χ0n) is 13.8. The molecule has 2 rings (SSSR count). The SMILES string of the molecule is O=C(O)CCC1CCCN(C(=O)CCCC2CCCCC2)C1. The van der Waals surface area contributed by atoms with Gasteiger partial charge < -0.3 is 10.0 Å². The van der Waals surface area contributed by atoms with Crippen LogP contribution in [-0.2, 0) is 9.59 Å². The Morgan fingerprint density at radius 3 is 2.36 bits per heavy atom. The van der Waals surface area contributed by atoms with Gasteiger partial charge in [-0.15, -0.1) is 0 Å². The predicted molar refractivity (Wildman–Crippen MR) is 86.6 cm³/mol. The first-order valence-corrected chi connectivity index (χ1v) is 9.14. The first-order chi connectivity index (χ1) is 10.6. The number of carboxylic acid groups (broad SMARTS) is 1. The van der Waals surface area contributed by atoms with Crippen LogP contribution in [0.15, 0.2) is 0 Å². The summed E-state index contributed by atoms with van der Waals surface area (Å²) in [5.41, 5.74) is 0. The summed E-state index contributed by atoms with van der Waals surface area (Å²) in [5.74, 6) is 0.796. The van der Waals surface area contributed by atoms with Gasteiger partial charge in [0.15, 0.2) is 0 Å². The zero-order valence-corrected chi connectivity index (χ0v) is 13.8. The summed E-state index contributed by atoms with van der Waals surface area (Å²) in [5, 5.41) is 8.78. The molecule has 4 heteroatoms. The standard InChI is InChI=1S/C18H31NO3/c20-17(10-4-8-15-6-2-1-3-7-15)19-13-5-9-16(14-19)11-12-18(21)22/h15-16H,1-14H2,(H,21,22). The number of likely N-dealkylation sites (tertiary alicyclic amines) is 1. The number of hydrogen-bond donors (Lipinski definition) is 1. The molecule has 1 atom stereocenters. The van der Waals surface area contributed by atoms with E-state index in [1.807, 2.05) is 4.90 Å². The molecule has 0 aromatic heterocycles. The summed E-state index contributed by atoms with van der Waals surface area (Å²) in [4.78, 5) is 25.0. The van der Waals surface area contributed by atoms with E-state index in [2.05, 4.69) is 0 Å². The molecule has 1 amide bonds. The van der Waals surface area contributed by atoms with Gasteiger partial charge in [-0.2, -0.15) is 0 Å². The number of hydrogen-bond acceptors (Lipinski definition) is 2. The maximum absolute atomic E-state index is 12.3. The van der Waals surface area contributed by atoms with E-state index in [4.69, 9.17) is 5.11 Å². The highest BCUT2D eigenvalue weighted by Gasteiger charge is 2.24. The van der Waals surface area contributed by atoms with E-state index >= 15 is 0 Å². The first kappa shape index (κ1) is 17.3. The minimum atomic E-state index is -0.726. The predicted octanol–water partition coefficient (Wildman–Crippen LogP) is 3.84. The van der Waals surface area contributed by atoms with Crippen molar-refractivity contribution >= 4 is 11.9 Å². The molecule has 0 bridgehead atoms. The molecule has 1 saturated carbocycles. The largest absolute Gasteiger partial charge is 0.481 e. The Labute approximate surface area is 134 Å². The minimum Gasteiger partial charge on any atom is -0.481 e. The number of carbonyl (C=O) groups is 2. The number of piperidine rings is 1. The zero-order chi connectivity index (χ0) is 15.8. The lowest BCUT2D eigenvalue weighted by atomic mass is 9.85. The second-order valence-electron chi connectivity index (χ2n) is 7.18. The van der Waals surface area contributed by atoms with Crippen LogP contribution in [0, 0.1) is 11.8 Å². The van der Waals surface area contributed by atoms with Crippen LogP contribution in [0.4, 0.5) is 0 Å². The van der Waals surface area contributed by atoms with Crippen LogP contribution in [0.5, 0.6) is 0 Å². The molecule has 0 radical (unpaired) electrons. The number of nitrogens with zero attached hydrogens (tertiary/aromatic N) is 1. The number of aliphatic carboxylic acids is 1. The Morgan fingerprint density at radius 2 is 1.64 bits per heavy atom. The van der Waals surface area contributed by atoms with E-state index in [9.17, 15) is 9.59 Å².